The third-order valence-electron chi connectivity index (χ3n) is 1.76. The highest BCUT2D eigenvalue weighted by atomic mass is 32.2. The van der Waals surface area contributed by atoms with E-state index in [1.54, 1.807) is 22.9 Å². The van der Waals surface area contributed by atoms with Gasteiger partial charge >= 0.3 is 5.97 Å². The van der Waals surface area contributed by atoms with Crippen molar-refractivity contribution in [2.75, 3.05) is 25.0 Å². The third kappa shape index (κ3) is 2.31. The molecular weight excluding hydrogens is 210 g/mol. The maximum atomic E-state index is 11.3. The van der Waals surface area contributed by atoms with Gasteiger partial charge in [0.2, 0.25) is 0 Å². The fraction of sp³-hybridized carbons (Fsp3) is 0.714. The molecule has 0 saturated carbocycles. The summed E-state index contributed by atoms with van der Waals surface area (Å²) in [7, 11) is 1.34. The van der Waals surface area contributed by atoms with E-state index < -0.39 is 6.04 Å². The first kappa shape index (κ1) is 10.7. The molecule has 1 heterocycles. The SMILES string of the molecule is COC(=O)[C@@H]1CSCN1C(=O)SC. The van der Waals surface area contributed by atoms with Crippen LogP contribution in [0.25, 0.3) is 0 Å². The van der Waals surface area contributed by atoms with Crippen LogP contribution in [-0.4, -0.2) is 47.1 Å². The highest BCUT2D eigenvalue weighted by molar-refractivity contribution is 8.13. The van der Waals surface area contributed by atoms with E-state index in [0.717, 1.165) is 11.8 Å². The molecule has 0 aromatic rings. The predicted molar refractivity (Wildman–Crippen MR) is 53.9 cm³/mol. The molecule has 0 bridgehead atoms. The first-order valence-corrected chi connectivity index (χ1v) is 6.08. The summed E-state index contributed by atoms with van der Waals surface area (Å²) in [4.78, 5) is 24.1. The zero-order valence-corrected chi connectivity index (χ0v) is 9.11. The van der Waals surface area contributed by atoms with Crippen LogP contribution in [0.4, 0.5) is 4.79 Å². The molecule has 0 radical (unpaired) electrons. The predicted octanol–water partition coefficient (Wildman–Crippen LogP) is 1.02. The van der Waals surface area contributed by atoms with Gasteiger partial charge in [0.05, 0.1) is 13.0 Å². The topological polar surface area (TPSA) is 46.6 Å². The maximum absolute atomic E-state index is 11.3. The average Bonchev–Trinajstić information content (AvgIpc) is 2.63. The number of hydrogen-bond acceptors (Lipinski definition) is 5. The number of carbonyl (C=O) groups excluding carboxylic acids is 2. The molecule has 0 N–H and O–H groups in total. The largest absolute Gasteiger partial charge is 0.467 e. The van der Waals surface area contributed by atoms with Gasteiger partial charge in [0.25, 0.3) is 5.24 Å². The van der Waals surface area contributed by atoms with Crippen molar-refractivity contribution >= 4 is 34.7 Å². The zero-order chi connectivity index (χ0) is 9.84. The molecule has 0 aliphatic carbocycles. The first-order chi connectivity index (χ1) is 6.20. The molecule has 6 heteroatoms. The minimum absolute atomic E-state index is 0.0691. The quantitative estimate of drug-likeness (QED) is 0.619. The van der Waals surface area contributed by atoms with E-state index in [9.17, 15) is 9.59 Å². The molecular formula is C7H11NO3S2. The molecule has 0 aromatic carbocycles. The van der Waals surface area contributed by atoms with E-state index in [4.69, 9.17) is 0 Å². The van der Waals surface area contributed by atoms with Crippen LogP contribution in [0.3, 0.4) is 0 Å². The molecule has 1 rings (SSSR count). The minimum atomic E-state index is -0.394. The highest BCUT2D eigenvalue weighted by Gasteiger charge is 2.34. The zero-order valence-electron chi connectivity index (χ0n) is 7.48. The normalized spacial score (nSPS) is 21.7. The number of nitrogens with zero attached hydrogens (tertiary/aromatic N) is 1. The fourth-order valence-electron chi connectivity index (χ4n) is 1.07. The monoisotopic (exact) mass is 221 g/mol. The molecule has 4 nitrogen and oxygen atoms in total. The number of amides is 1. The van der Waals surface area contributed by atoms with Crippen LogP contribution in [-0.2, 0) is 9.53 Å². The van der Waals surface area contributed by atoms with Gasteiger partial charge in [-0.2, -0.15) is 0 Å². The lowest BCUT2D eigenvalue weighted by molar-refractivity contribution is -0.144. The maximum Gasteiger partial charge on any atom is 0.329 e. The van der Waals surface area contributed by atoms with Crippen molar-refractivity contribution in [2.24, 2.45) is 0 Å². The van der Waals surface area contributed by atoms with Gasteiger partial charge in [-0.05, 0) is 6.26 Å². The molecule has 13 heavy (non-hydrogen) atoms. The molecule has 1 amide bonds. The Morgan fingerprint density at radius 1 is 1.62 bits per heavy atom. The molecule has 1 atom stereocenters. The van der Waals surface area contributed by atoms with Gasteiger partial charge in [0, 0.05) is 5.75 Å². The van der Waals surface area contributed by atoms with E-state index in [0.29, 0.717) is 11.6 Å². The Balaban J connectivity index is 2.63. The third-order valence-corrected chi connectivity index (χ3v) is 3.36. The summed E-state index contributed by atoms with van der Waals surface area (Å²) in [6.45, 7) is 0. The van der Waals surface area contributed by atoms with Crippen molar-refractivity contribution in [1.82, 2.24) is 4.90 Å². The van der Waals surface area contributed by atoms with Crippen LogP contribution in [0.1, 0.15) is 0 Å². The molecule has 0 unspecified atom stereocenters. The van der Waals surface area contributed by atoms with Gasteiger partial charge in [-0.3, -0.25) is 4.79 Å². The van der Waals surface area contributed by atoms with Crippen LogP contribution in [0.15, 0.2) is 0 Å². The number of carbonyl (C=O) groups is 2. The van der Waals surface area contributed by atoms with Gasteiger partial charge in [-0.25, -0.2) is 4.79 Å². The summed E-state index contributed by atoms with van der Waals surface area (Å²) in [5, 5.41) is -0.0691. The fourth-order valence-corrected chi connectivity index (χ4v) is 2.72. The van der Waals surface area contributed by atoms with Crippen molar-refractivity contribution in [3.63, 3.8) is 0 Å². The lowest BCUT2D eigenvalue weighted by atomic mass is 10.3. The second-order valence-corrected chi connectivity index (χ2v) is 4.24. The lowest BCUT2D eigenvalue weighted by Crippen LogP contribution is -2.40. The molecule has 1 fully saturated rings. The summed E-state index contributed by atoms with van der Waals surface area (Å²) in [6, 6.07) is -0.394. The first-order valence-electron chi connectivity index (χ1n) is 3.71. The Hall–Kier alpha value is -0.360. The number of ether oxygens (including phenoxy) is 1. The molecule has 0 spiro atoms. The van der Waals surface area contributed by atoms with Crippen LogP contribution in [0.2, 0.25) is 0 Å². The van der Waals surface area contributed by atoms with Crippen molar-refractivity contribution in [3.05, 3.63) is 0 Å². The summed E-state index contributed by atoms with van der Waals surface area (Å²) in [5.41, 5.74) is 0. The number of methoxy groups -OCH3 is 1. The Morgan fingerprint density at radius 3 is 2.85 bits per heavy atom. The number of hydrogen-bond donors (Lipinski definition) is 0. The average molecular weight is 221 g/mol. The minimum Gasteiger partial charge on any atom is -0.467 e. The molecule has 1 aliphatic rings. The second-order valence-electron chi connectivity index (χ2n) is 2.48. The second kappa shape index (κ2) is 4.76. The Kier molecular flexibility index (Phi) is 3.92. The van der Waals surface area contributed by atoms with Gasteiger partial charge in [0.1, 0.15) is 6.04 Å². The summed E-state index contributed by atoms with van der Waals surface area (Å²) in [5.74, 6) is 0.894. The van der Waals surface area contributed by atoms with E-state index in [-0.39, 0.29) is 11.2 Å². The van der Waals surface area contributed by atoms with Crippen molar-refractivity contribution in [2.45, 2.75) is 6.04 Å². The van der Waals surface area contributed by atoms with Crippen molar-refractivity contribution in [3.8, 4) is 0 Å². The summed E-state index contributed by atoms with van der Waals surface area (Å²) >= 11 is 2.69. The van der Waals surface area contributed by atoms with E-state index in [1.807, 2.05) is 0 Å². The Labute approximate surface area is 85.4 Å². The van der Waals surface area contributed by atoms with Gasteiger partial charge < -0.3 is 9.64 Å². The van der Waals surface area contributed by atoms with E-state index >= 15 is 0 Å². The van der Waals surface area contributed by atoms with Gasteiger partial charge in [-0.15, -0.1) is 11.8 Å². The van der Waals surface area contributed by atoms with Gasteiger partial charge in [0.15, 0.2) is 0 Å². The van der Waals surface area contributed by atoms with Gasteiger partial charge in [-0.1, -0.05) is 11.8 Å². The van der Waals surface area contributed by atoms with Crippen LogP contribution >= 0.6 is 23.5 Å². The summed E-state index contributed by atoms with van der Waals surface area (Å²) < 4.78 is 4.60. The number of rotatable bonds is 1. The number of thioether (sulfide) groups is 2. The molecule has 1 saturated heterocycles. The number of esters is 1. The standard InChI is InChI=1S/C7H11NO3S2/c1-11-6(9)5-3-13-4-8(5)7(10)12-2/h5H,3-4H2,1-2H3/t5-/m0/s1. The highest BCUT2D eigenvalue weighted by Crippen LogP contribution is 2.24. The van der Waals surface area contributed by atoms with E-state index in [2.05, 4.69) is 4.74 Å². The lowest BCUT2D eigenvalue weighted by Gasteiger charge is -2.19. The Morgan fingerprint density at radius 2 is 2.31 bits per heavy atom. The smallest absolute Gasteiger partial charge is 0.329 e. The van der Waals surface area contributed by atoms with Crippen LogP contribution < -0.4 is 0 Å². The van der Waals surface area contributed by atoms with Crippen LogP contribution in [0.5, 0.6) is 0 Å². The van der Waals surface area contributed by atoms with Crippen LogP contribution in [0, 0.1) is 0 Å². The molecule has 0 aromatic heterocycles. The summed E-state index contributed by atoms with van der Waals surface area (Å²) in [6.07, 6.45) is 1.71. The van der Waals surface area contributed by atoms with Crippen molar-refractivity contribution < 1.29 is 14.3 Å². The van der Waals surface area contributed by atoms with E-state index in [1.165, 1.54) is 7.11 Å². The van der Waals surface area contributed by atoms with Crippen molar-refractivity contribution in [1.29, 1.82) is 0 Å². The Bertz CT molecular complexity index is 200. The molecule has 1 aliphatic heterocycles. The molecule has 74 valence electrons.